The molecule has 0 amide bonds. The van der Waals surface area contributed by atoms with Gasteiger partial charge in [-0.25, -0.2) is 8.42 Å². The van der Waals surface area contributed by atoms with Crippen molar-refractivity contribution in [3.8, 4) is 0 Å². The van der Waals surface area contributed by atoms with Gasteiger partial charge in [-0.1, -0.05) is 34.1 Å². The van der Waals surface area contributed by atoms with Crippen LogP contribution >= 0.6 is 15.9 Å². The number of sulfonamides is 1. The summed E-state index contributed by atoms with van der Waals surface area (Å²) in [4.78, 5) is 4.11. The Morgan fingerprint density at radius 1 is 1.10 bits per heavy atom. The zero-order chi connectivity index (χ0) is 14.4. The van der Waals surface area contributed by atoms with E-state index in [1.165, 1.54) is 0 Å². The Kier molecular flexibility index (Phi) is 5.14. The van der Waals surface area contributed by atoms with Crippen LogP contribution in [0.1, 0.15) is 11.3 Å². The quantitative estimate of drug-likeness (QED) is 0.811. The van der Waals surface area contributed by atoms with Crippen molar-refractivity contribution in [2.24, 2.45) is 0 Å². The van der Waals surface area contributed by atoms with E-state index in [1.54, 1.807) is 18.3 Å². The van der Waals surface area contributed by atoms with E-state index >= 15 is 0 Å². The smallest absolute Gasteiger partial charge is 0.233 e. The van der Waals surface area contributed by atoms with Gasteiger partial charge in [0.25, 0.3) is 0 Å². The summed E-state index contributed by atoms with van der Waals surface area (Å²) in [6.07, 6.45) is 2.06. The molecular weight excluding hydrogens is 340 g/mol. The molecule has 0 fully saturated rings. The fraction of sp³-hybridized carbons (Fsp3) is 0.214. The molecular formula is C14H15BrN2O2S. The predicted octanol–water partition coefficient (Wildman–Crippen LogP) is 2.96. The molecule has 2 rings (SSSR count). The number of alkyl halides is 1. The van der Waals surface area contributed by atoms with Crippen LogP contribution in [0.5, 0.6) is 0 Å². The van der Waals surface area contributed by atoms with Crippen LogP contribution in [0.15, 0.2) is 48.7 Å². The van der Waals surface area contributed by atoms with E-state index in [0.717, 1.165) is 16.6 Å². The first kappa shape index (κ1) is 15.0. The Balaban J connectivity index is 1.96. The third-order valence-corrected chi connectivity index (χ3v) is 4.67. The Morgan fingerprint density at radius 2 is 1.85 bits per heavy atom. The molecule has 0 atom stereocenters. The maximum atomic E-state index is 12.0. The third-order valence-electron chi connectivity index (χ3n) is 2.73. The average molecular weight is 355 g/mol. The molecule has 0 bridgehead atoms. The number of hydrogen-bond acceptors (Lipinski definition) is 3. The minimum absolute atomic E-state index is 0.0181. The molecule has 1 aromatic carbocycles. The van der Waals surface area contributed by atoms with Gasteiger partial charge in [0.1, 0.15) is 0 Å². The minimum atomic E-state index is -3.35. The lowest BCUT2D eigenvalue weighted by Gasteiger charge is -2.08. The van der Waals surface area contributed by atoms with E-state index in [1.807, 2.05) is 30.3 Å². The van der Waals surface area contributed by atoms with Crippen molar-refractivity contribution in [2.75, 3.05) is 10.5 Å². The van der Waals surface area contributed by atoms with Crippen LogP contribution < -0.4 is 4.72 Å². The summed E-state index contributed by atoms with van der Waals surface area (Å²) in [7, 11) is -3.35. The zero-order valence-corrected chi connectivity index (χ0v) is 13.2. The van der Waals surface area contributed by atoms with Crippen LogP contribution in [-0.2, 0) is 21.8 Å². The van der Waals surface area contributed by atoms with Crippen LogP contribution in [0, 0.1) is 0 Å². The monoisotopic (exact) mass is 354 g/mol. The molecule has 0 aliphatic heterocycles. The number of rotatable bonds is 6. The highest BCUT2D eigenvalue weighted by Gasteiger charge is 2.11. The molecule has 0 saturated heterocycles. The highest BCUT2D eigenvalue weighted by molar-refractivity contribution is 9.08. The first-order valence-corrected chi connectivity index (χ1v) is 8.92. The van der Waals surface area contributed by atoms with Crippen LogP contribution in [0.4, 0.5) is 5.69 Å². The van der Waals surface area contributed by atoms with Gasteiger partial charge in [-0.15, -0.1) is 0 Å². The summed E-state index contributed by atoms with van der Waals surface area (Å²) >= 11 is 3.35. The van der Waals surface area contributed by atoms with Crippen molar-refractivity contribution in [2.45, 2.75) is 11.8 Å². The molecule has 2 aromatic rings. The Labute approximate surface area is 127 Å². The highest BCUT2D eigenvalue weighted by atomic mass is 79.9. The van der Waals surface area contributed by atoms with Crippen LogP contribution in [-0.4, -0.2) is 19.2 Å². The molecule has 106 valence electrons. The fourth-order valence-electron chi connectivity index (χ4n) is 1.68. The van der Waals surface area contributed by atoms with Crippen molar-refractivity contribution in [1.29, 1.82) is 0 Å². The van der Waals surface area contributed by atoms with Gasteiger partial charge >= 0.3 is 0 Å². The lowest BCUT2D eigenvalue weighted by atomic mass is 10.2. The largest absolute Gasteiger partial charge is 0.284 e. The van der Waals surface area contributed by atoms with Gasteiger partial charge in [0.05, 0.1) is 5.75 Å². The third kappa shape index (κ3) is 4.61. The molecule has 20 heavy (non-hydrogen) atoms. The molecule has 0 saturated carbocycles. The SMILES string of the molecule is O=S(=O)(CCc1ccccn1)Nc1ccc(CBr)cc1. The molecule has 0 aliphatic carbocycles. The topological polar surface area (TPSA) is 59.1 Å². The summed E-state index contributed by atoms with van der Waals surface area (Å²) in [6.45, 7) is 0. The molecule has 1 heterocycles. The fourth-order valence-corrected chi connectivity index (χ4v) is 3.13. The second-order valence-corrected chi connectivity index (χ2v) is 6.73. The van der Waals surface area contributed by atoms with Crippen LogP contribution in [0.3, 0.4) is 0 Å². The number of pyridine rings is 1. The van der Waals surface area contributed by atoms with Crippen molar-refractivity contribution in [3.05, 3.63) is 59.9 Å². The van der Waals surface area contributed by atoms with E-state index in [0.29, 0.717) is 12.1 Å². The lowest BCUT2D eigenvalue weighted by Crippen LogP contribution is -2.18. The van der Waals surface area contributed by atoms with Gasteiger partial charge < -0.3 is 0 Å². The number of anilines is 1. The van der Waals surface area contributed by atoms with Crippen molar-refractivity contribution in [1.82, 2.24) is 4.98 Å². The summed E-state index contributed by atoms with van der Waals surface area (Å²) in [5.74, 6) is 0.0181. The minimum Gasteiger partial charge on any atom is -0.284 e. The number of nitrogens with zero attached hydrogens (tertiary/aromatic N) is 1. The van der Waals surface area contributed by atoms with Crippen molar-refractivity contribution < 1.29 is 8.42 Å². The first-order chi connectivity index (χ1) is 9.59. The number of nitrogens with one attached hydrogen (secondary N) is 1. The van der Waals surface area contributed by atoms with Crippen LogP contribution in [0.25, 0.3) is 0 Å². The number of aryl methyl sites for hydroxylation is 1. The van der Waals surface area contributed by atoms with E-state index in [2.05, 4.69) is 25.6 Å². The molecule has 0 spiro atoms. The number of benzene rings is 1. The zero-order valence-electron chi connectivity index (χ0n) is 10.8. The van der Waals surface area contributed by atoms with Gasteiger partial charge in [0.2, 0.25) is 10.0 Å². The van der Waals surface area contributed by atoms with Gasteiger partial charge in [-0.05, 0) is 29.8 Å². The molecule has 4 nitrogen and oxygen atoms in total. The van der Waals surface area contributed by atoms with E-state index in [4.69, 9.17) is 0 Å². The van der Waals surface area contributed by atoms with Gasteiger partial charge in [-0.2, -0.15) is 0 Å². The molecule has 1 aromatic heterocycles. The lowest BCUT2D eigenvalue weighted by molar-refractivity contribution is 0.600. The summed E-state index contributed by atoms with van der Waals surface area (Å²) in [5.41, 5.74) is 2.45. The number of hydrogen-bond donors (Lipinski definition) is 1. The van der Waals surface area contributed by atoms with E-state index in [9.17, 15) is 8.42 Å². The average Bonchev–Trinajstić information content (AvgIpc) is 2.47. The highest BCUT2D eigenvalue weighted by Crippen LogP contribution is 2.13. The molecule has 0 radical (unpaired) electrons. The molecule has 0 aliphatic rings. The second kappa shape index (κ2) is 6.85. The Morgan fingerprint density at radius 3 is 2.45 bits per heavy atom. The standard InChI is InChI=1S/C14H15BrN2O2S/c15-11-12-4-6-14(7-5-12)17-20(18,19)10-8-13-3-1-2-9-16-13/h1-7,9,17H,8,10-11H2. The van der Waals surface area contributed by atoms with Gasteiger partial charge in [0.15, 0.2) is 0 Å². The van der Waals surface area contributed by atoms with E-state index < -0.39 is 10.0 Å². The first-order valence-electron chi connectivity index (χ1n) is 6.14. The Bertz CT molecular complexity index is 643. The Hall–Kier alpha value is -1.40. The number of aromatic nitrogens is 1. The molecule has 0 unspecified atom stereocenters. The normalized spacial score (nSPS) is 11.2. The maximum Gasteiger partial charge on any atom is 0.233 e. The molecule has 1 N–H and O–H groups in total. The predicted molar refractivity (Wildman–Crippen MR) is 84.4 cm³/mol. The summed E-state index contributed by atoms with van der Waals surface area (Å²) in [5, 5.41) is 0.750. The van der Waals surface area contributed by atoms with E-state index in [-0.39, 0.29) is 5.75 Å². The van der Waals surface area contributed by atoms with Gasteiger partial charge in [-0.3, -0.25) is 9.71 Å². The second-order valence-electron chi connectivity index (χ2n) is 4.32. The van der Waals surface area contributed by atoms with Crippen molar-refractivity contribution in [3.63, 3.8) is 0 Å². The molecule has 6 heteroatoms. The van der Waals surface area contributed by atoms with Crippen molar-refractivity contribution >= 4 is 31.6 Å². The van der Waals surface area contributed by atoms with Crippen LogP contribution in [0.2, 0.25) is 0 Å². The maximum absolute atomic E-state index is 12.0. The summed E-state index contributed by atoms with van der Waals surface area (Å²) < 4.78 is 26.5. The number of halogens is 1. The van der Waals surface area contributed by atoms with Gasteiger partial charge in [0, 0.05) is 29.3 Å². The summed E-state index contributed by atoms with van der Waals surface area (Å²) in [6, 6.07) is 12.8.